The van der Waals surface area contributed by atoms with Crippen LogP contribution < -0.4 is 5.73 Å². The van der Waals surface area contributed by atoms with E-state index in [9.17, 15) is 0 Å². The molecule has 0 heterocycles. The van der Waals surface area contributed by atoms with Crippen molar-refractivity contribution in [3.8, 4) is 6.07 Å². The normalized spacial score (nSPS) is 37.3. The first-order chi connectivity index (χ1) is 7.14. The first-order valence-electron chi connectivity index (χ1n) is 6.07. The standard InChI is InChI=1S/C12H21N3/c1-15(10-3-2-4-10)11-5-7-12(14,9-13)8-6-11/h10-11H,2-8,14H2,1H3. The molecule has 3 nitrogen and oxygen atoms in total. The van der Waals surface area contributed by atoms with Gasteiger partial charge in [0.2, 0.25) is 0 Å². The molecule has 2 N–H and O–H groups in total. The van der Waals surface area contributed by atoms with Gasteiger partial charge in [-0.05, 0) is 45.6 Å². The van der Waals surface area contributed by atoms with Crippen molar-refractivity contribution in [1.29, 1.82) is 5.26 Å². The minimum absolute atomic E-state index is 0.531. The Morgan fingerprint density at radius 3 is 2.13 bits per heavy atom. The van der Waals surface area contributed by atoms with Crippen molar-refractivity contribution < 1.29 is 0 Å². The number of hydrogen-bond donors (Lipinski definition) is 1. The van der Waals surface area contributed by atoms with Gasteiger partial charge < -0.3 is 10.6 Å². The number of rotatable bonds is 2. The predicted octanol–water partition coefficient (Wildman–Crippen LogP) is 1.63. The van der Waals surface area contributed by atoms with Crippen LogP contribution in [-0.2, 0) is 0 Å². The lowest BCUT2D eigenvalue weighted by Gasteiger charge is -2.43. The van der Waals surface area contributed by atoms with Crippen molar-refractivity contribution in [3.63, 3.8) is 0 Å². The average Bonchev–Trinajstić information content (AvgIpc) is 2.16. The third-order valence-corrected chi connectivity index (χ3v) is 4.30. The molecule has 84 valence electrons. The fourth-order valence-corrected chi connectivity index (χ4v) is 2.73. The Hall–Kier alpha value is -0.590. The summed E-state index contributed by atoms with van der Waals surface area (Å²) < 4.78 is 0. The molecule has 0 aromatic rings. The van der Waals surface area contributed by atoms with Crippen LogP contribution in [0, 0.1) is 11.3 Å². The molecule has 2 saturated carbocycles. The van der Waals surface area contributed by atoms with E-state index in [0.29, 0.717) is 6.04 Å². The largest absolute Gasteiger partial charge is 0.313 e. The van der Waals surface area contributed by atoms with E-state index < -0.39 is 5.54 Å². The minimum Gasteiger partial charge on any atom is -0.313 e. The number of hydrogen-bond acceptors (Lipinski definition) is 3. The quantitative estimate of drug-likeness (QED) is 0.749. The highest BCUT2D eigenvalue weighted by atomic mass is 15.2. The van der Waals surface area contributed by atoms with Crippen molar-refractivity contribution in [2.75, 3.05) is 7.05 Å². The highest BCUT2D eigenvalue weighted by molar-refractivity contribution is 5.08. The lowest BCUT2D eigenvalue weighted by atomic mass is 9.79. The molecule has 3 heteroatoms. The molecule has 0 bridgehead atoms. The van der Waals surface area contributed by atoms with Crippen LogP contribution in [0.15, 0.2) is 0 Å². The summed E-state index contributed by atoms with van der Waals surface area (Å²) in [5, 5.41) is 8.95. The van der Waals surface area contributed by atoms with E-state index in [1.807, 2.05) is 0 Å². The van der Waals surface area contributed by atoms with Gasteiger partial charge in [-0.3, -0.25) is 0 Å². The molecule has 0 amide bonds. The molecule has 0 spiro atoms. The zero-order valence-electron chi connectivity index (χ0n) is 9.58. The molecule has 0 saturated heterocycles. The fraction of sp³-hybridized carbons (Fsp3) is 0.917. The molecule has 15 heavy (non-hydrogen) atoms. The monoisotopic (exact) mass is 207 g/mol. The molecule has 2 fully saturated rings. The van der Waals surface area contributed by atoms with Gasteiger partial charge in [0, 0.05) is 12.1 Å². The Labute approximate surface area is 92.2 Å². The molecule has 2 aliphatic rings. The van der Waals surface area contributed by atoms with Gasteiger partial charge in [0.05, 0.1) is 6.07 Å². The molecule has 0 unspecified atom stereocenters. The zero-order valence-corrected chi connectivity index (χ0v) is 9.58. The summed E-state index contributed by atoms with van der Waals surface area (Å²) in [5.74, 6) is 0. The summed E-state index contributed by atoms with van der Waals surface area (Å²) in [6, 6.07) is 3.73. The van der Waals surface area contributed by atoms with Crippen LogP contribution >= 0.6 is 0 Å². The molecule has 2 aliphatic carbocycles. The second-order valence-electron chi connectivity index (χ2n) is 5.25. The van der Waals surface area contributed by atoms with E-state index in [1.54, 1.807) is 0 Å². The van der Waals surface area contributed by atoms with Crippen LogP contribution in [-0.4, -0.2) is 29.6 Å². The van der Waals surface area contributed by atoms with Gasteiger partial charge in [-0.1, -0.05) is 6.42 Å². The van der Waals surface area contributed by atoms with Crippen molar-refractivity contribution in [2.24, 2.45) is 5.73 Å². The van der Waals surface area contributed by atoms with E-state index >= 15 is 0 Å². The topological polar surface area (TPSA) is 53.0 Å². The van der Waals surface area contributed by atoms with Crippen LogP contribution in [0.1, 0.15) is 44.9 Å². The van der Waals surface area contributed by atoms with E-state index in [1.165, 1.54) is 19.3 Å². The van der Waals surface area contributed by atoms with Crippen LogP contribution in [0.5, 0.6) is 0 Å². The molecule has 0 radical (unpaired) electrons. The summed E-state index contributed by atoms with van der Waals surface area (Å²) in [6.07, 6.45) is 8.03. The summed E-state index contributed by atoms with van der Waals surface area (Å²) in [5.41, 5.74) is 5.43. The summed E-state index contributed by atoms with van der Waals surface area (Å²) in [6.45, 7) is 0. The van der Waals surface area contributed by atoms with E-state index in [0.717, 1.165) is 31.7 Å². The SMILES string of the molecule is CN(C1CCC1)C1CCC(N)(C#N)CC1. The van der Waals surface area contributed by atoms with Crippen LogP contribution in [0.25, 0.3) is 0 Å². The molecule has 0 aliphatic heterocycles. The molecule has 0 aromatic heterocycles. The van der Waals surface area contributed by atoms with Gasteiger partial charge in [0.15, 0.2) is 0 Å². The number of nitrogens with zero attached hydrogens (tertiary/aromatic N) is 2. The zero-order chi connectivity index (χ0) is 10.9. The second-order valence-corrected chi connectivity index (χ2v) is 5.25. The maximum absolute atomic E-state index is 8.95. The lowest BCUT2D eigenvalue weighted by molar-refractivity contribution is 0.0786. The lowest BCUT2D eigenvalue weighted by Crippen LogP contribution is -2.50. The Morgan fingerprint density at radius 2 is 1.73 bits per heavy atom. The number of nitrogens with two attached hydrogens (primary N) is 1. The van der Waals surface area contributed by atoms with Gasteiger partial charge in [0.25, 0.3) is 0 Å². The van der Waals surface area contributed by atoms with E-state index in [-0.39, 0.29) is 0 Å². The third kappa shape index (κ3) is 2.16. The molecular formula is C12H21N3. The molecule has 2 rings (SSSR count). The highest BCUT2D eigenvalue weighted by Crippen LogP contribution is 2.33. The summed E-state index contributed by atoms with van der Waals surface area (Å²) in [4.78, 5) is 2.53. The molecular weight excluding hydrogens is 186 g/mol. The van der Waals surface area contributed by atoms with Crippen molar-refractivity contribution in [3.05, 3.63) is 0 Å². The van der Waals surface area contributed by atoms with Crippen molar-refractivity contribution >= 4 is 0 Å². The number of nitriles is 1. The van der Waals surface area contributed by atoms with Gasteiger partial charge in [0.1, 0.15) is 5.54 Å². The average molecular weight is 207 g/mol. The predicted molar refractivity (Wildman–Crippen MR) is 60.2 cm³/mol. The maximum atomic E-state index is 8.95. The highest BCUT2D eigenvalue weighted by Gasteiger charge is 2.35. The Kier molecular flexibility index (Phi) is 2.99. The van der Waals surface area contributed by atoms with Crippen molar-refractivity contribution in [2.45, 2.75) is 62.6 Å². The smallest absolute Gasteiger partial charge is 0.104 e. The minimum atomic E-state index is -0.531. The first-order valence-corrected chi connectivity index (χ1v) is 6.07. The molecule has 0 aromatic carbocycles. The van der Waals surface area contributed by atoms with E-state index in [2.05, 4.69) is 18.0 Å². The van der Waals surface area contributed by atoms with Gasteiger partial charge >= 0.3 is 0 Å². The Bertz CT molecular complexity index is 257. The Balaban J connectivity index is 1.85. The van der Waals surface area contributed by atoms with Gasteiger partial charge in [-0.25, -0.2) is 0 Å². The third-order valence-electron chi connectivity index (χ3n) is 4.30. The maximum Gasteiger partial charge on any atom is 0.104 e. The van der Waals surface area contributed by atoms with E-state index in [4.69, 9.17) is 11.0 Å². The van der Waals surface area contributed by atoms with Crippen LogP contribution in [0.3, 0.4) is 0 Å². The Morgan fingerprint density at radius 1 is 1.20 bits per heavy atom. The van der Waals surface area contributed by atoms with Gasteiger partial charge in [-0.2, -0.15) is 5.26 Å². The van der Waals surface area contributed by atoms with Crippen LogP contribution in [0.2, 0.25) is 0 Å². The molecule has 0 atom stereocenters. The summed E-state index contributed by atoms with van der Waals surface area (Å²) in [7, 11) is 2.24. The van der Waals surface area contributed by atoms with Crippen LogP contribution in [0.4, 0.5) is 0 Å². The first kappa shape index (κ1) is 10.9. The van der Waals surface area contributed by atoms with Crippen molar-refractivity contribution in [1.82, 2.24) is 4.90 Å². The fourth-order valence-electron chi connectivity index (χ4n) is 2.73. The second kappa shape index (κ2) is 4.11. The summed E-state index contributed by atoms with van der Waals surface area (Å²) >= 11 is 0. The van der Waals surface area contributed by atoms with Gasteiger partial charge in [-0.15, -0.1) is 0 Å².